The third kappa shape index (κ3) is 2.45. The van der Waals surface area contributed by atoms with Crippen molar-refractivity contribution in [1.82, 2.24) is 9.78 Å². The van der Waals surface area contributed by atoms with E-state index in [-0.39, 0.29) is 0 Å². The van der Waals surface area contributed by atoms with Crippen LogP contribution in [0.1, 0.15) is 24.6 Å². The summed E-state index contributed by atoms with van der Waals surface area (Å²) < 4.78 is 1.88. The van der Waals surface area contributed by atoms with Crippen LogP contribution in [-0.2, 0) is 19.1 Å². The van der Waals surface area contributed by atoms with Gasteiger partial charge in [0, 0.05) is 18.9 Å². The number of rotatable bonds is 4. The molecule has 0 fully saturated rings. The minimum atomic E-state index is -0.877. The van der Waals surface area contributed by atoms with Crippen LogP contribution in [0.2, 0.25) is 0 Å². The molecule has 3 aromatic rings. The standard InChI is InChI=1S/C18H20N2O/c1-3-18(21,14-9-5-4-6-10-14)13-16-15-11-7-8-12-17(15)20(2)19-16/h4-12,21H,3,13H2,1-2H3. The van der Waals surface area contributed by atoms with Gasteiger partial charge in [-0.15, -0.1) is 0 Å². The minimum absolute atomic E-state index is 0.523. The van der Waals surface area contributed by atoms with Crippen molar-refractivity contribution in [1.29, 1.82) is 0 Å². The van der Waals surface area contributed by atoms with Crippen molar-refractivity contribution in [2.75, 3.05) is 0 Å². The quantitative estimate of drug-likeness (QED) is 0.795. The van der Waals surface area contributed by atoms with Gasteiger partial charge >= 0.3 is 0 Å². The van der Waals surface area contributed by atoms with Gasteiger partial charge in [-0.2, -0.15) is 5.10 Å². The lowest BCUT2D eigenvalue weighted by Gasteiger charge is -2.26. The molecule has 1 N–H and O–H groups in total. The third-order valence-electron chi connectivity index (χ3n) is 4.19. The van der Waals surface area contributed by atoms with Crippen molar-refractivity contribution in [2.45, 2.75) is 25.4 Å². The SMILES string of the molecule is CCC(O)(Cc1nn(C)c2ccccc12)c1ccccc1. The van der Waals surface area contributed by atoms with Crippen LogP contribution in [0.4, 0.5) is 0 Å². The van der Waals surface area contributed by atoms with Gasteiger partial charge < -0.3 is 5.11 Å². The molecule has 3 nitrogen and oxygen atoms in total. The predicted octanol–water partition coefficient (Wildman–Crippen LogP) is 3.41. The van der Waals surface area contributed by atoms with Crippen molar-refractivity contribution in [2.24, 2.45) is 7.05 Å². The first-order valence-electron chi connectivity index (χ1n) is 7.32. The number of aromatic nitrogens is 2. The molecule has 0 bridgehead atoms. The number of hydrogen-bond donors (Lipinski definition) is 1. The van der Waals surface area contributed by atoms with Gasteiger partial charge in [-0.05, 0) is 18.1 Å². The van der Waals surface area contributed by atoms with Crippen molar-refractivity contribution in [3.63, 3.8) is 0 Å². The summed E-state index contributed by atoms with van der Waals surface area (Å²) in [6.45, 7) is 2.01. The first-order valence-corrected chi connectivity index (χ1v) is 7.32. The lowest BCUT2D eigenvalue weighted by atomic mass is 9.86. The second-order valence-electron chi connectivity index (χ2n) is 5.52. The lowest BCUT2D eigenvalue weighted by molar-refractivity contribution is 0.0319. The number of para-hydroxylation sites is 1. The smallest absolute Gasteiger partial charge is 0.0950 e. The Morgan fingerprint density at radius 3 is 2.43 bits per heavy atom. The van der Waals surface area contributed by atoms with Gasteiger partial charge in [0.1, 0.15) is 0 Å². The number of hydrogen-bond acceptors (Lipinski definition) is 2. The second kappa shape index (κ2) is 5.34. The van der Waals surface area contributed by atoms with Crippen LogP contribution in [-0.4, -0.2) is 14.9 Å². The largest absolute Gasteiger partial charge is 0.385 e. The summed E-state index contributed by atoms with van der Waals surface area (Å²) in [6.07, 6.45) is 1.18. The Morgan fingerprint density at radius 2 is 1.71 bits per heavy atom. The zero-order chi connectivity index (χ0) is 14.9. The molecule has 0 saturated carbocycles. The van der Waals surface area contributed by atoms with E-state index in [0.717, 1.165) is 22.2 Å². The Balaban J connectivity index is 2.04. The maximum absolute atomic E-state index is 11.1. The van der Waals surface area contributed by atoms with Gasteiger partial charge in [-0.3, -0.25) is 4.68 Å². The van der Waals surface area contributed by atoms with E-state index in [0.29, 0.717) is 12.8 Å². The molecule has 0 aliphatic carbocycles. The van der Waals surface area contributed by atoms with Crippen LogP contribution in [0.15, 0.2) is 54.6 Å². The van der Waals surface area contributed by atoms with Gasteiger partial charge in [0.2, 0.25) is 0 Å². The molecular formula is C18H20N2O. The Labute approximate surface area is 124 Å². The summed E-state index contributed by atoms with van der Waals surface area (Å²) in [5.41, 5.74) is 2.11. The molecular weight excluding hydrogens is 260 g/mol. The fourth-order valence-electron chi connectivity index (χ4n) is 2.88. The van der Waals surface area contributed by atoms with E-state index >= 15 is 0 Å². The molecule has 0 spiro atoms. The van der Waals surface area contributed by atoms with Crippen molar-refractivity contribution in [3.8, 4) is 0 Å². The molecule has 3 rings (SSSR count). The molecule has 0 amide bonds. The van der Waals surface area contributed by atoms with Crippen LogP contribution in [0.5, 0.6) is 0 Å². The highest BCUT2D eigenvalue weighted by Gasteiger charge is 2.29. The summed E-state index contributed by atoms with van der Waals surface area (Å²) in [5, 5.41) is 16.8. The Hall–Kier alpha value is -2.13. The average molecular weight is 280 g/mol. The first-order chi connectivity index (χ1) is 10.1. The average Bonchev–Trinajstić information content (AvgIpc) is 2.85. The van der Waals surface area contributed by atoms with Crippen LogP contribution in [0, 0.1) is 0 Å². The highest BCUT2D eigenvalue weighted by Crippen LogP contribution is 2.31. The van der Waals surface area contributed by atoms with E-state index < -0.39 is 5.60 Å². The summed E-state index contributed by atoms with van der Waals surface area (Å²) in [5.74, 6) is 0. The summed E-state index contributed by atoms with van der Waals surface area (Å²) >= 11 is 0. The van der Waals surface area contributed by atoms with Gasteiger partial charge in [0.05, 0.1) is 16.8 Å². The molecule has 1 unspecified atom stereocenters. The molecule has 0 aliphatic heterocycles. The molecule has 1 aromatic heterocycles. The number of aliphatic hydroxyl groups is 1. The van der Waals surface area contributed by atoms with E-state index in [1.165, 1.54) is 0 Å². The fourth-order valence-corrected chi connectivity index (χ4v) is 2.88. The molecule has 0 saturated heterocycles. The number of aryl methyl sites for hydroxylation is 1. The van der Waals surface area contributed by atoms with E-state index in [1.54, 1.807) is 0 Å². The molecule has 1 atom stereocenters. The highest BCUT2D eigenvalue weighted by atomic mass is 16.3. The lowest BCUT2D eigenvalue weighted by Crippen LogP contribution is -2.28. The van der Waals surface area contributed by atoms with Gasteiger partial charge in [0.25, 0.3) is 0 Å². The van der Waals surface area contributed by atoms with Crippen LogP contribution in [0.25, 0.3) is 10.9 Å². The van der Waals surface area contributed by atoms with Crippen molar-refractivity contribution in [3.05, 3.63) is 65.9 Å². The molecule has 0 radical (unpaired) electrons. The molecule has 3 heteroatoms. The Morgan fingerprint density at radius 1 is 1.05 bits per heavy atom. The topological polar surface area (TPSA) is 38.1 Å². The first kappa shape index (κ1) is 13.8. The molecule has 1 heterocycles. The number of nitrogens with zero attached hydrogens (tertiary/aromatic N) is 2. The molecule has 2 aromatic carbocycles. The molecule has 0 aliphatic rings. The summed E-state index contributed by atoms with van der Waals surface area (Å²) in [7, 11) is 1.94. The summed E-state index contributed by atoms with van der Waals surface area (Å²) in [6, 6.07) is 18.0. The highest BCUT2D eigenvalue weighted by molar-refractivity contribution is 5.82. The van der Waals surface area contributed by atoms with Gasteiger partial charge in [-0.25, -0.2) is 0 Å². The van der Waals surface area contributed by atoms with E-state index in [1.807, 2.05) is 61.1 Å². The van der Waals surface area contributed by atoms with Crippen molar-refractivity contribution < 1.29 is 5.11 Å². The van der Waals surface area contributed by atoms with E-state index in [4.69, 9.17) is 0 Å². The van der Waals surface area contributed by atoms with E-state index in [2.05, 4.69) is 17.2 Å². The van der Waals surface area contributed by atoms with Crippen LogP contribution < -0.4 is 0 Å². The normalized spacial score (nSPS) is 14.2. The zero-order valence-electron chi connectivity index (χ0n) is 12.5. The third-order valence-corrected chi connectivity index (χ3v) is 4.19. The fraction of sp³-hybridized carbons (Fsp3) is 0.278. The minimum Gasteiger partial charge on any atom is -0.385 e. The monoisotopic (exact) mass is 280 g/mol. The van der Waals surface area contributed by atoms with Gasteiger partial charge in [0.15, 0.2) is 0 Å². The van der Waals surface area contributed by atoms with Gasteiger partial charge in [-0.1, -0.05) is 55.5 Å². The number of benzene rings is 2. The van der Waals surface area contributed by atoms with Crippen LogP contribution in [0.3, 0.4) is 0 Å². The predicted molar refractivity (Wildman–Crippen MR) is 85.0 cm³/mol. The zero-order valence-corrected chi connectivity index (χ0v) is 12.5. The maximum atomic E-state index is 11.1. The van der Waals surface area contributed by atoms with Crippen LogP contribution >= 0.6 is 0 Å². The maximum Gasteiger partial charge on any atom is 0.0950 e. The van der Waals surface area contributed by atoms with E-state index in [9.17, 15) is 5.11 Å². The Bertz CT molecular complexity index is 748. The van der Waals surface area contributed by atoms with Crippen molar-refractivity contribution >= 4 is 10.9 Å². The second-order valence-corrected chi connectivity index (χ2v) is 5.52. The molecule has 21 heavy (non-hydrogen) atoms. The Kier molecular flexibility index (Phi) is 3.52. The molecule has 108 valence electrons. The summed E-state index contributed by atoms with van der Waals surface area (Å²) in [4.78, 5) is 0. The number of fused-ring (bicyclic) bond motifs is 1.